The van der Waals surface area contributed by atoms with Crippen LogP contribution in [0.2, 0.25) is 5.02 Å². The van der Waals surface area contributed by atoms with Gasteiger partial charge in [-0.25, -0.2) is 0 Å². The van der Waals surface area contributed by atoms with Crippen LogP contribution in [-0.4, -0.2) is 11.8 Å². The first-order chi connectivity index (χ1) is 8.30. The second-order valence-electron chi connectivity index (χ2n) is 5.24. The number of rotatable bonds is 1. The van der Waals surface area contributed by atoms with Gasteiger partial charge in [0.1, 0.15) is 0 Å². The monoisotopic (exact) mass is 329 g/mol. The Kier molecular flexibility index (Phi) is 3.52. The number of imide groups is 1. The van der Waals surface area contributed by atoms with E-state index in [1.807, 2.05) is 13.8 Å². The van der Waals surface area contributed by atoms with E-state index < -0.39 is 0 Å². The standard InChI is InChI=1S/C13H13BrClNO2/c1-13(2)6-11(17)16(12(18)7-13)8-3-4-10(15)9(14)5-8/h3-5H,6-7H2,1-2H3. The van der Waals surface area contributed by atoms with E-state index in [0.717, 1.165) is 0 Å². The zero-order valence-corrected chi connectivity index (χ0v) is 12.5. The summed E-state index contributed by atoms with van der Waals surface area (Å²) in [6, 6.07) is 5.04. The van der Waals surface area contributed by atoms with E-state index in [4.69, 9.17) is 11.6 Å². The second kappa shape index (κ2) is 4.67. The first kappa shape index (κ1) is 13.6. The van der Waals surface area contributed by atoms with Crippen LogP contribution in [0.5, 0.6) is 0 Å². The van der Waals surface area contributed by atoms with Gasteiger partial charge in [0.25, 0.3) is 0 Å². The Balaban J connectivity index is 2.36. The van der Waals surface area contributed by atoms with Crippen molar-refractivity contribution in [3.8, 4) is 0 Å². The van der Waals surface area contributed by atoms with Gasteiger partial charge in [0.15, 0.2) is 0 Å². The summed E-state index contributed by atoms with van der Waals surface area (Å²) in [5.41, 5.74) is 0.311. The Morgan fingerprint density at radius 2 is 1.78 bits per heavy atom. The smallest absolute Gasteiger partial charge is 0.234 e. The SMILES string of the molecule is CC1(C)CC(=O)N(c2ccc(Cl)c(Br)c2)C(=O)C1. The molecule has 0 aromatic heterocycles. The van der Waals surface area contributed by atoms with Crippen molar-refractivity contribution in [1.82, 2.24) is 0 Å². The number of carbonyl (C=O) groups is 2. The Morgan fingerprint density at radius 1 is 1.22 bits per heavy atom. The lowest BCUT2D eigenvalue weighted by molar-refractivity contribution is -0.132. The molecule has 2 amide bonds. The molecule has 0 spiro atoms. The van der Waals surface area contributed by atoms with Crippen LogP contribution in [0.25, 0.3) is 0 Å². The topological polar surface area (TPSA) is 37.4 Å². The largest absolute Gasteiger partial charge is 0.274 e. The molecule has 2 rings (SSSR count). The number of nitrogens with zero attached hydrogens (tertiary/aromatic N) is 1. The number of benzene rings is 1. The third kappa shape index (κ3) is 2.59. The van der Waals surface area contributed by atoms with E-state index in [1.165, 1.54) is 4.90 Å². The summed E-state index contributed by atoms with van der Waals surface area (Å²) in [6.45, 7) is 3.86. The molecule has 1 saturated heterocycles. The maximum absolute atomic E-state index is 12.1. The zero-order valence-electron chi connectivity index (χ0n) is 10.2. The third-order valence-corrected chi connectivity index (χ3v) is 4.13. The Hall–Kier alpha value is -0.870. The molecule has 3 nitrogen and oxygen atoms in total. The Labute approximate surface area is 119 Å². The molecule has 0 saturated carbocycles. The van der Waals surface area contributed by atoms with Gasteiger partial charge in [-0.05, 0) is 39.5 Å². The van der Waals surface area contributed by atoms with Crippen molar-refractivity contribution in [1.29, 1.82) is 0 Å². The van der Waals surface area contributed by atoms with Crippen molar-refractivity contribution >= 4 is 45.0 Å². The molecular formula is C13H13BrClNO2. The molecule has 1 heterocycles. The molecule has 18 heavy (non-hydrogen) atoms. The lowest BCUT2D eigenvalue weighted by Crippen LogP contribution is -2.46. The van der Waals surface area contributed by atoms with Crippen LogP contribution in [-0.2, 0) is 9.59 Å². The normalized spacial score (nSPS) is 19.2. The number of anilines is 1. The molecule has 1 aliphatic rings. The Bertz CT molecular complexity index is 508. The molecule has 0 unspecified atom stereocenters. The minimum absolute atomic E-state index is 0.162. The molecule has 0 bridgehead atoms. The lowest BCUT2D eigenvalue weighted by atomic mass is 9.81. The van der Waals surface area contributed by atoms with E-state index in [-0.39, 0.29) is 17.2 Å². The molecule has 1 aromatic rings. The van der Waals surface area contributed by atoms with Gasteiger partial charge in [-0.3, -0.25) is 14.5 Å². The average Bonchev–Trinajstić information content (AvgIpc) is 2.20. The van der Waals surface area contributed by atoms with E-state index in [2.05, 4.69) is 15.9 Å². The molecule has 96 valence electrons. The molecule has 1 fully saturated rings. The van der Waals surface area contributed by atoms with Gasteiger partial charge in [-0.2, -0.15) is 0 Å². The number of carbonyl (C=O) groups excluding carboxylic acids is 2. The van der Waals surface area contributed by atoms with Gasteiger partial charge in [-0.1, -0.05) is 25.4 Å². The van der Waals surface area contributed by atoms with Crippen LogP contribution in [0.1, 0.15) is 26.7 Å². The van der Waals surface area contributed by atoms with Crippen LogP contribution in [0.3, 0.4) is 0 Å². The number of amides is 2. The van der Waals surface area contributed by atoms with Crippen LogP contribution in [0, 0.1) is 5.41 Å². The first-order valence-electron chi connectivity index (χ1n) is 5.61. The molecule has 0 aliphatic carbocycles. The summed E-state index contributed by atoms with van der Waals surface area (Å²) in [6.07, 6.45) is 0.748. The fourth-order valence-electron chi connectivity index (χ4n) is 2.09. The maximum Gasteiger partial charge on any atom is 0.234 e. The number of piperidine rings is 1. The van der Waals surface area contributed by atoms with E-state index in [0.29, 0.717) is 28.0 Å². The highest BCUT2D eigenvalue weighted by molar-refractivity contribution is 9.10. The molecule has 0 N–H and O–H groups in total. The van der Waals surface area contributed by atoms with E-state index >= 15 is 0 Å². The fraction of sp³-hybridized carbons (Fsp3) is 0.385. The highest BCUT2D eigenvalue weighted by atomic mass is 79.9. The number of halogens is 2. The van der Waals surface area contributed by atoms with Gasteiger partial charge in [-0.15, -0.1) is 0 Å². The molecule has 0 radical (unpaired) electrons. The minimum atomic E-state index is -0.256. The summed E-state index contributed by atoms with van der Waals surface area (Å²) >= 11 is 9.20. The average molecular weight is 331 g/mol. The van der Waals surface area contributed by atoms with Gasteiger partial charge in [0.2, 0.25) is 11.8 Å². The second-order valence-corrected chi connectivity index (χ2v) is 6.50. The van der Waals surface area contributed by atoms with Gasteiger partial charge in [0, 0.05) is 17.3 Å². The van der Waals surface area contributed by atoms with Crippen molar-refractivity contribution in [2.75, 3.05) is 4.90 Å². The minimum Gasteiger partial charge on any atom is -0.274 e. The third-order valence-electron chi connectivity index (χ3n) is 2.92. The quantitative estimate of drug-likeness (QED) is 0.735. The van der Waals surface area contributed by atoms with Crippen molar-refractivity contribution < 1.29 is 9.59 Å². The van der Waals surface area contributed by atoms with Crippen molar-refractivity contribution in [3.05, 3.63) is 27.7 Å². The van der Waals surface area contributed by atoms with Crippen LogP contribution in [0.4, 0.5) is 5.69 Å². The fourth-order valence-corrected chi connectivity index (χ4v) is 2.57. The van der Waals surface area contributed by atoms with Crippen molar-refractivity contribution in [2.24, 2.45) is 5.41 Å². The van der Waals surface area contributed by atoms with Crippen molar-refractivity contribution in [3.63, 3.8) is 0 Å². The van der Waals surface area contributed by atoms with Crippen LogP contribution >= 0.6 is 27.5 Å². The van der Waals surface area contributed by atoms with Gasteiger partial charge in [0.05, 0.1) is 10.7 Å². The number of hydrogen-bond donors (Lipinski definition) is 0. The molecule has 1 aliphatic heterocycles. The summed E-state index contributed by atoms with van der Waals surface area (Å²) < 4.78 is 0.673. The van der Waals surface area contributed by atoms with E-state index in [1.54, 1.807) is 18.2 Å². The Morgan fingerprint density at radius 3 is 2.28 bits per heavy atom. The zero-order chi connectivity index (χ0) is 13.5. The summed E-state index contributed by atoms with van der Waals surface area (Å²) in [5, 5.41) is 0.552. The molecule has 5 heteroatoms. The number of hydrogen-bond acceptors (Lipinski definition) is 2. The summed E-state index contributed by atoms with van der Waals surface area (Å²) in [5.74, 6) is -0.323. The summed E-state index contributed by atoms with van der Waals surface area (Å²) in [4.78, 5) is 25.4. The predicted octanol–water partition coefficient (Wildman–Crippen LogP) is 3.78. The predicted molar refractivity (Wildman–Crippen MR) is 74.7 cm³/mol. The van der Waals surface area contributed by atoms with Crippen LogP contribution in [0.15, 0.2) is 22.7 Å². The van der Waals surface area contributed by atoms with E-state index in [9.17, 15) is 9.59 Å². The lowest BCUT2D eigenvalue weighted by Gasteiger charge is -2.34. The summed E-state index contributed by atoms with van der Waals surface area (Å²) in [7, 11) is 0. The first-order valence-corrected chi connectivity index (χ1v) is 6.78. The van der Waals surface area contributed by atoms with Crippen LogP contribution < -0.4 is 4.90 Å². The molecule has 1 aromatic carbocycles. The van der Waals surface area contributed by atoms with Gasteiger partial charge >= 0.3 is 0 Å². The maximum atomic E-state index is 12.1. The molecule has 0 atom stereocenters. The molecular weight excluding hydrogens is 318 g/mol. The highest BCUT2D eigenvalue weighted by Gasteiger charge is 2.38. The highest BCUT2D eigenvalue weighted by Crippen LogP contribution is 2.35. The van der Waals surface area contributed by atoms with Gasteiger partial charge < -0.3 is 0 Å². The van der Waals surface area contributed by atoms with Crippen molar-refractivity contribution in [2.45, 2.75) is 26.7 Å².